The van der Waals surface area contributed by atoms with Crippen LogP contribution < -0.4 is 0 Å². The molecular weight excluding hydrogens is 234 g/mol. The summed E-state index contributed by atoms with van der Waals surface area (Å²) in [5.41, 5.74) is -0.129. The summed E-state index contributed by atoms with van der Waals surface area (Å²) in [5.74, 6) is -0.441. The first-order chi connectivity index (χ1) is 8.50. The number of carboxylic acids is 1. The molecule has 0 aliphatic carbocycles. The Morgan fingerprint density at radius 1 is 1.44 bits per heavy atom. The molecule has 2 heterocycles. The number of carbonyl (C=O) groups excluding carboxylic acids is 1. The fourth-order valence-electron chi connectivity index (χ4n) is 2.22. The number of nitrogens with zero attached hydrogens (tertiary/aromatic N) is 2. The molecule has 1 saturated heterocycles. The third-order valence-corrected chi connectivity index (χ3v) is 3.68. The summed E-state index contributed by atoms with van der Waals surface area (Å²) in [6, 6.07) is 0. The summed E-state index contributed by atoms with van der Waals surface area (Å²) in [6.07, 6.45) is 2.19. The number of imidazole rings is 1. The van der Waals surface area contributed by atoms with E-state index in [0.717, 1.165) is 6.42 Å². The Morgan fingerprint density at radius 2 is 2.17 bits per heavy atom. The molecule has 1 fully saturated rings. The van der Waals surface area contributed by atoms with Gasteiger partial charge in [-0.1, -0.05) is 13.8 Å². The molecule has 0 aromatic carbocycles. The number of nitrogens with one attached hydrogen (secondary N) is 1. The van der Waals surface area contributed by atoms with Crippen molar-refractivity contribution in [2.45, 2.75) is 20.3 Å². The molecule has 1 aromatic heterocycles. The van der Waals surface area contributed by atoms with Crippen molar-refractivity contribution in [2.24, 2.45) is 11.8 Å². The minimum Gasteiger partial charge on any atom is -0.477 e. The number of aromatic amines is 1. The number of carboxylic acid groups (broad SMARTS) is 1. The number of carbonyl (C=O) groups is 2. The quantitative estimate of drug-likeness (QED) is 0.827. The first kappa shape index (κ1) is 12.6. The van der Waals surface area contributed by atoms with E-state index in [9.17, 15) is 9.59 Å². The summed E-state index contributed by atoms with van der Waals surface area (Å²) in [5, 5.41) is 8.95. The van der Waals surface area contributed by atoms with E-state index in [1.54, 1.807) is 4.90 Å². The van der Waals surface area contributed by atoms with Crippen molar-refractivity contribution in [3.05, 3.63) is 17.7 Å². The average molecular weight is 251 g/mol. The van der Waals surface area contributed by atoms with Gasteiger partial charge in [-0.2, -0.15) is 0 Å². The van der Waals surface area contributed by atoms with Gasteiger partial charge in [-0.25, -0.2) is 9.78 Å². The van der Waals surface area contributed by atoms with Crippen LogP contribution in [-0.2, 0) is 0 Å². The van der Waals surface area contributed by atoms with Crippen LogP contribution in [0, 0.1) is 11.8 Å². The van der Waals surface area contributed by atoms with Gasteiger partial charge in [0.1, 0.15) is 0 Å². The molecule has 0 radical (unpaired) electrons. The van der Waals surface area contributed by atoms with Gasteiger partial charge in [-0.3, -0.25) is 4.79 Å². The lowest BCUT2D eigenvalue weighted by molar-refractivity contribution is 0.0601. The molecule has 1 amide bonds. The molecule has 2 rings (SSSR count). The summed E-state index contributed by atoms with van der Waals surface area (Å²) >= 11 is 0. The number of hydrogen-bond donors (Lipinski definition) is 2. The zero-order chi connectivity index (χ0) is 13.3. The Balaban J connectivity index is 2.16. The number of aromatic nitrogens is 2. The van der Waals surface area contributed by atoms with Gasteiger partial charge in [0.05, 0.1) is 6.33 Å². The number of H-pyrrole nitrogens is 1. The molecule has 6 nitrogen and oxygen atoms in total. The number of aromatic carboxylic acids is 1. The fraction of sp³-hybridized carbons (Fsp3) is 0.583. The van der Waals surface area contributed by atoms with E-state index in [0.29, 0.717) is 24.9 Å². The summed E-state index contributed by atoms with van der Waals surface area (Å²) in [4.78, 5) is 31.2. The van der Waals surface area contributed by atoms with Crippen LogP contribution in [0.3, 0.4) is 0 Å². The average Bonchev–Trinajstić information content (AvgIpc) is 2.81. The minimum absolute atomic E-state index is 0.00394. The zero-order valence-electron chi connectivity index (χ0n) is 10.5. The van der Waals surface area contributed by atoms with E-state index in [-0.39, 0.29) is 17.3 Å². The molecule has 0 saturated carbocycles. The zero-order valence-corrected chi connectivity index (χ0v) is 10.5. The van der Waals surface area contributed by atoms with Crippen molar-refractivity contribution in [2.75, 3.05) is 13.1 Å². The monoisotopic (exact) mass is 251 g/mol. The summed E-state index contributed by atoms with van der Waals surface area (Å²) < 4.78 is 0. The Bertz CT molecular complexity index is 469. The van der Waals surface area contributed by atoms with Crippen LogP contribution in [0.15, 0.2) is 6.33 Å². The molecule has 0 spiro atoms. The molecule has 1 aliphatic rings. The number of rotatable bonds is 2. The predicted molar refractivity (Wildman–Crippen MR) is 64.4 cm³/mol. The van der Waals surface area contributed by atoms with Gasteiger partial charge >= 0.3 is 5.97 Å². The van der Waals surface area contributed by atoms with Crippen molar-refractivity contribution in [3.8, 4) is 0 Å². The van der Waals surface area contributed by atoms with Crippen molar-refractivity contribution < 1.29 is 14.7 Å². The second-order valence-corrected chi connectivity index (χ2v) is 4.93. The topological polar surface area (TPSA) is 86.3 Å². The van der Waals surface area contributed by atoms with E-state index in [2.05, 4.69) is 23.8 Å². The van der Waals surface area contributed by atoms with Crippen molar-refractivity contribution in [1.82, 2.24) is 14.9 Å². The standard InChI is InChI=1S/C12H17N3O3/c1-7-3-4-15(5-8(7)2)11(16)9-10(12(17)18)14-6-13-9/h6-8H,3-5H2,1-2H3,(H,13,14)(H,17,18). The van der Waals surface area contributed by atoms with Crippen molar-refractivity contribution in [3.63, 3.8) is 0 Å². The Hall–Kier alpha value is -1.85. The number of hydrogen-bond acceptors (Lipinski definition) is 3. The molecule has 6 heteroatoms. The highest BCUT2D eigenvalue weighted by Crippen LogP contribution is 2.23. The SMILES string of the molecule is CC1CCN(C(=O)c2nc[nH]c2C(=O)O)CC1C. The van der Waals surface area contributed by atoms with Gasteiger partial charge in [-0.05, 0) is 18.3 Å². The van der Waals surface area contributed by atoms with Crippen LogP contribution in [0.2, 0.25) is 0 Å². The third-order valence-electron chi connectivity index (χ3n) is 3.68. The maximum Gasteiger partial charge on any atom is 0.354 e. The third kappa shape index (κ3) is 2.23. The van der Waals surface area contributed by atoms with Gasteiger partial charge in [0, 0.05) is 13.1 Å². The van der Waals surface area contributed by atoms with Gasteiger partial charge < -0.3 is 15.0 Å². The van der Waals surface area contributed by atoms with Gasteiger partial charge in [0.15, 0.2) is 11.4 Å². The predicted octanol–water partition coefficient (Wildman–Crippen LogP) is 1.23. The molecule has 2 N–H and O–H groups in total. The van der Waals surface area contributed by atoms with Crippen LogP contribution in [0.4, 0.5) is 0 Å². The minimum atomic E-state index is -1.16. The maximum absolute atomic E-state index is 12.2. The molecule has 98 valence electrons. The molecule has 1 aromatic rings. The summed E-state index contributed by atoms with van der Waals surface area (Å²) in [6.45, 7) is 5.60. The van der Waals surface area contributed by atoms with E-state index in [1.807, 2.05) is 0 Å². The van der Waals surface area contributed by atoms with E-state index in [4.69, 9.17) is 5.11 Å². The highest BCUT2D eigenvalue weighted by Gasteiger charge is 2.30. The molecule has 2 atom stereocenters. The Kier molecular flexibility index (Phi) is 3.36. The lowest BCUT2D eigenvalue weighted by atomic mass is 9.88. The van der Waals surface area contributed by atoms with E-state index >= 15 is 0 Å². The van der Waals surface area contributed by atoms with Crippen LogP contribution >= 0.6 is 0 Å². The van der Waals surface area contributed by atoms with E-state index in [1.165, 1.54) is 6.33 Å². The Labute approximate surface area is 105 Å². The Morgan fingerprint density at radius 3 is 2.78 bits per heavy atom. The van der Waals surface area contributed by atoms with Crippen LogP contribution in [0.1, 0.15) is 41.2 Å². The molecule has 18 heavy (non-hydrogen) atoms. The lowest BCUT2D eigenvalue weighted by Crippen LogP contribution is -2.42. The number of likely N-dealkylation sites (tertiary alicyclic amines) is 1. The molecular formula is C12H17N3O3. The second kappa shape index (κ2) is 4.80. The molecule has 1 aliphatic heterocycles. The van der Waals surface area contributed by atoms with Crippen LogP contribution in [0.5, 0.6) is 0 Å². The first-order valence-electron chi connectivity index (χ1n) is 6.06. The smallest absolute Gasteiger partial charge is 0.354 e. The highest BCUT2D eigenvalue weighted by molar-refractivity contribution is 6.02. The van der Waals surface area contributed by atoms with Gasteiger partial charge in [0.25, 0.3) is 5.91 Å². The number of piperidine rings is 1. The van der Waals surface area contributed by atoms with Crippen LogP contribution in [0.25, 0.3) is 0 Å². The molecule has 2 unspecified atom stereocenters. The largest absolute Gasteiger partial charge is 0.477 e. The second-order valence-electron chi connectivity index (χ2n) is 4.93. The van der Waals surface area contributed by atoms with Crippen molar-refractivity contribution in [1.29, 1.82) is 0 Å². The fourth-order valence-corrected chi connectivity index (χ4v) is 2.22. The summed E-state index contributed by atoms with van der Waals surface area (Å²) in [7, 11) is 0. The van der Waals surface area contributed by atoms with Gasteiger partial charge in [0.2, 0.25) is 0 Å². The number of amides is 1. The maximum atomic E-state index is 12.2. The first-order valence-corrected chi connectivity index (χ1v) is 6.06. The highest BCUT2D eigenvalue weighted by atomic mass is 16.4. The van der Waals surface area contributed by atoms with E-state index < -0.39 is 5.97 Å². The van der Waals surface area contributed by atoms with Crippen LogP contribution in [-0.4, -0.2) is 44.9 Å². The lowest BCUT2D eigenvalue weighted by Gasteiger charge is -2.34. The van der Waals surface area contributed by atoms with Gasteiger partial charge in [-0.15, -0.1) is 0 Å². The normalized spacial score (nSPS) is 24.0. The van der Waals surface area contributed by atoms with Crippen molar-refractivity contribution >= 4 is 11.9 Å². The molecule has 0 bridgehead atoms.